The van der Waals surface area contributed by atoms with Crippen LogP contribution >= 0.6 is 0 Å². The number of rotatable bonds is 5. The third kappa shape index (κ3) is 4.20. The predicted octanol–water partition coefficient (Wildman–Crippen LogP) is 2.57. The Morgan fingerprint density at radius 2 is 1.61 bits per heavy atom. The van der Waals surface area contributed by atoms with Gasteiger partial charge in [0.2, 0.25) is 0 Å². The SMILES string of the molecule is CCC(=O)O[C@H](C)[C@@H](C)OC(=O)c1ccccc1. The lowest BCUT2D eigenvalue weighted by Crippen LogP contribution is -2.30. The molecule has 0 bridgehead atoms. The maximum Gasteiger partial charge on any atom is 0.338 e. The number of ether oxygens (including phenoxy) is 2. The number of benzene rings is 1. The van der Waals surface area contributed by atoms with Crippen LogP contribution in [0.3, 0.4) is 0 Å². The Morgan fingerprint density at radius 3 is 2.17 bits per heavy atom. The summed E-state index contributed by atoms with van der Waals surface area (Å²) in [6.07, 6.45) is -0.623. The van der Waals surface area contributed by atoms with Gasteiger partial charge in [-0.3, -0.25) is 4.79 Å². The van der Waals surface area contributed by atoms with Crippen LogP contribution < -0.4 is 0 Å². The minimum Gasteiger partial charge on any atom is -0.459 e. The summed E-state index contributed by atoms with van der Waals surface area (Å²) in [6.45, 7) is 5.13. The molecular formula is C14H18O4. The van der Waals surface area contributed by atoms with Crippen molar-refractivity contribution in [3.63, 3.8) is 0 Å². The number of hydrogen-bond acceptors (Lipinski definition) is 4. The van der Waals surface area contributed by atoms with Gasteiger partial charge >= 0.3 is 11.9 Å². The minimum atomic E-state index is -0.479. The fourth-order valence-electron chi connectivity index (χ4n) is 1.29. The summed E-state index contributed by atoms with van der Waals surface area (Å²) in [5.74, 6) is -0.715. The average Bonchev–Trinajstić information content (AvgIpc) is 2.39. The topological polar surface area (TPSA) is 52.6 Å². The van der Waals surface area contributed by atoms with Crippen molar-refractivity contribution in [2.24, 2.45) is 0 Å². The monoisotopic (exact) mass is 250 g/mol. The zero-order valence-corrected chi connectivity index (χ0v) is 10.9. The quantitative estimate of drug-likeness (QED) is 0.754. The summed E-state index contributed by atoms with van der Waals surface area (Å²) >= 11 is 0. The molecule has 4 nitrogen and oxygen atoms in total. The van der Waals surface area contributed by atoms with Gasteiger partial charge in [-0.1, -0.05) is 25.1 Å². The zero-order valence-electron chi connectivity index (χ0n) is 10.9. The maximum absolute atomic E-state index is 11.8. The van der Waals surface area contributed by atoms with Crippen LogP contribution in [-0.2, 0) is 14.3 Å². The first-order valence-electron chi connectivity index (χ1n) is 6.00. The molecule has 0 spiro atoms. The number of carbonyl (C=O) groups excluding carboxylic acids is 2. The second-order valence-corrected chi connectivity index (χ2v) is 4.02. The average molecular weight is 250 g/mol. The molecule has 0 amide bonds. The zero-order chi connectivity index (χ0) is 13.5. The summed E-state index contributed by atoms with van der Waals surface area (Å²) in [5, 5.41) is 0. The fourth-order valence-corrected chi connectivity index (χ4v) is 1.29. The summed E-state index contributed by atoms with van der Waals surface area (Å²) in [6, 6.07) is 8.71. The molecule has 0 aromatic heterocycles. The standard InChI is InChI=1S/C14H18O4/c1-4-13(15)17-10(2)11(3)18-14(16)12-8-6-5-7-9-12/h5-11H,4H2,1-3H3/t10-,11-/m1/s1. The van der Waals surface area contributed by atoms with Crippen LogP contribution in [0.5, 0.6) is 0 Å². The van der Waals surface area contributed by atoms with Gasteiger partial charge in [-0.25, -0.2) is 4.79 Å². The highest BCUT2D eigenvalue weighted by Gasteiger charge is 2.20. The number of esters is 2. The van der Waals surface area contributed by atoms with E-state index in [4.69, 9.17) is 9.47 Å². The normalized spacial score (nSPS) is 13.5. The Balaban J connectivity index is 2.52. The molecule has 0 aliphatic heterocycles. The van der Waals surface area contributed by atoms with Gasteiger partial charge in [-0.15, -0.1) is 0 Å². The van der Waals surface area contributed by atoms with Crippen LogP contribution in [0.4, 0.5) is 0 Å². The Kier molecular flexibility index (Phi) is 5.36. The van der Waals surface area contributed by atoms with E-state index in [-0.39, 0.29) is 5.97 Å². The molecule has 0 N–H and O–H groups in total. The lowest BCUT2D eigenvalue weighted by Gasteiger charge is -2.20. The van der Waals surface area contributed by atoms with Crippen LogP contribution in [0.2, 0.25) is 0 Å². The molecular weight excluding hydrogens is 232 g/mol. The first kappa shape index (κ1) is 14.2. The van der Waals surface area contributed by atoms with Crippen molar-refractivity contribution in [3.8, 4) is 0 Å². The summed E-state index contributed by atoms with van der Waals surface area (Å²) in [5.41, 5.74) is 0.485. The molecule has 1 aromatic rings. The van der Waals surface area contributed by atoms with Crippen molar-refractivity contribution < 1.29 is 19.1 Å². The molecule has 18 heavy (non-hydrogen) atoms. The molecule has 0 saturated carbocycles. The van der Waals surface area contributed by atoms with Crippen molar-refractivity contribution in [3.05, 3.63) is 35.9 Å². The van der Waals surface area contributed by atoms with E-state index < -0.39 is 18.2 Å². The maximum atomic E-state index is 11.8. The van der Waals surface area contributed by atoms with Gasteiger partial charge < -0.3 is 9.47 Å². The first-order chi connectivity index (χ1) is 8.54. The third-order valence-electron chi connectivity index (χ3n) is 2.57. The van der Waals surface area contributed by atoms with E-state index in [9.17, 15) is 9.59 Å². The highest BCUT2D eigenvalue weighted by molar-refractivity contribution is 5.89. The lowest BCUT2D eigenvalue weighted by molar-refractivity contribution is -0.152. The second kappa shape index (κ2) is 6.79. The van der Waals surface area contributed by atoms with Crippen LogP contribution in [0.25, 0.3) is 0 Å². The van der Waals surface area contributed by atoms with E-state index >= 15 is 0 Å². The highest BCUT2D eigenvalue weighted by Crippen LogP contribution is 2.09. The summed E-state index contributed by atoms with van der Waals surface area (Å²) in [4.78, 5) is 22.9. The molecule has 4 heteroatoms. The number of hydrogen-bond donors (Lipinski definition) is 0. The van der Waals surface area contributed by atoms with Crippen LogP contribution in [0.1, 0.15) is 37.6 Å². The van der Waals surface area contributed by atoms with Crippen molar-refractivity contribution >= 4 is 11.9 Å². The van der Waals surface area contributed by atoms with E-state index in [1.54, 1.807) is 45.0 Å². The first-order valence-corrected chi connectivity index (χ1v) is 6.00. The molecule has 1 rings (SSSR count). The van der Waals surface area contributed by atoms with Crippen molar-refractivity contribution in [1.82, 2.24) is 0 Å². The molecule has 1 aromatic carbocycles. The lowest BCUT2D eigenvalue weighted by atomic mass is 10.2. The number of carbonyl (C=O) groups is 2. The molecule has 0 saturated heterocycles. The Hall–Kier alpha value is -1.84. The van der Waals surface area contributed by atoms with Crippen LogP contribution in [0, 0.1) is 0 Å². The van der Waals surface area contributed by atoms with E-state index in [1.165, 1.54) is 0 Å². The molecule has 0 aliphatic rings. The molecule has 0 aliphatic carbocycles. The Labute approximate surface area is 107 Å². The van der Waals surface area contributed by atoms with Gasteiger partial charge in [0.15, 0.2) is 0 Å². The van der Waals surface area contributed by atoms with Gasteiger partial charge in [0.25, 0.3) is 0 Å². The fraction of sp³-hybridized carbons (Fsp3) is 0.429. The second-order valence-electron chi connectivity index (χ2n) is 4.02. The molecule has 0 unspecified atom stereocenters. The van der Waals surface area contributed by atoms with Crippen molar-refractivity contribution in [1.29, 1.82) is 0 Å². The van der Waals surface area contributed by atoms with E-state index in [0.29, 0.717) is 12.0 Å². The molecule has 0 heterocycles. The Bertz CT molecular complexity index is 400. The Morgan fingerprint density at radius 1 is 1.06 bits per heavy atom. The van der Waals surface area contributed by atoms with Crippen molar-refractivity contribution in [2.45, 2.75) is 39.4 Å². The predicted molar refractivity (Wildman–Crippen MR) is 67.2 cm³/mol. The van der Waals surface area contributed by atoms with Gasteiger partial charge in [0, 0.05) is 6.42 Å². The molecule has 2 atom stereocenters. The van der Waals surface area contributed by atoms with Crippen molar-refractivity contribution in [2.75, 3.05) is 0 Å². The van der Waals surface area contributed by atoms with Gasteiger partial charge in [0.05, 0.1) is 5.56 Å². The van der Waals surface area contributed by atoms with Gasteiger partial charge in [0.1, 0.15) is 12.2 Å². The third-order valence-corrected chi connectivity index (χ3v) is 2.57. The molecule has 98 valence electrons. The summed E-state index contributed by atoms with van der Waals surface area (Å²) < 4.78 is 10.3. The van der Waals surface area contributed by atoms with Crippen LogP contribution in [-0.4, -0.2) is 24.1 Å². The largest absolute Gasteiger partial charge is 0.459 e. The molecule has 0 fully saturated rings. The smallest absolute Gasteiger partial charge is 0.338 e. The van der Waals surface area contributed by atoms with E-state index in [1.807, 2.05) is 6.07 Å². The van der Waals surface area contributed by atoms with E-state index in [2.05, 4.69) is 0 Å². The van der Waals surface area contributed by atoms with E-state index in [0.717, 1.165) is 0 Å². The highest BCUT2D eigenvalue weighted by atomic mass is 16.6. The van der Waals surface area contributed by atoms with Crippen LogP contribution in [0.15, 0.2) is 30.3 Å². The summed E-state index contributed by atoms with van der Waals surface area (Å²) in [7, 11) is 0. The van der Waals surface area contributed by atoms with Gasteiger partial charge in [-0.05, 0) is 26.0 Å². The minimum absolute atomic E-state index is 0.301. The van der Waals surface area contributed by atoms with Gasteiger partial charge in [-0.2, -0.15) is 0 Å². The molecule has 0 radical (unpaired) electrons.